The van der Waals surface area contributed by atoms with Crippen LogP contribution in [0.4, 0.5) is 0 Å². The fourth-order valence-electron chi connectivity index (χ4n) is 4.97. The van der Waals surface area contributed by atoms with Crippen LogP contribution in [0.5, 0.6) is 0 Å². The Bertz CT molecular complexity index is 1080. The van der Waals surface area contributed by atoms with Crippen LogP contribution in [0.15, 0.2) is 36.4 Å². The smallest absolute Gasteiger partial charge is 0.261 e. The van der Waals surface area contributed by atoms with E-state index in [4.69, 9.17) is 5.10 Å². The third kappa shape index (κ3) is 3.94. The number of fused-ring (bicyclic) bond motifs is 3. The van der Waals surface area contributed by atoms with Crippen LogP contribution in [0.2, 0.25) is 0 Å². The number of nitrogens with zero attached hydrogens (tertiary/aromatic N) is 3. The van der Waals surface area contributed by atoms with Gasteiger partial charge in [0.15, 0.2) is 0 Å². The number of amides is 1. The Kier molecular flexibility index (Phi) is 5.67. The average Bonchev–Trinajstić information content (AvgIpc) is 3.37. The molecule has 3 aromatic rings. The van der Waals surface area contributed by atoms with Gasteiger partial charge in [-0.05, 0) is 69.8 Å². The number of aryl methyl sites for hydroxylation is 2. The zero-order valence-corrected chi connectivity index (χ0v) is 19.2. The predicted molar refractivity (Wildman–Crippen MR) is 126 cm³/mol. The van der Waals surface area contributed by atoms with Crippen LogP contribution in [0.25, 0.3) is 16.1 Å². The minimum Gasteiger partial charge on any atom is -0.350 e. The molecule has 0 unspecified atom stereocenters. The van der Waals surface area contributed by atoms with Gasteiger partial charge in [-0.25, -0.2) is 4.68 Å². The summed E-state index contributed by atoms with van der Waals surface area (Å²) in [6, 6.07) is 13.0. The van der Waals surface area contributed by atoms with Crippen LogP contribution in [0.3, 0.4) is 0 Å². The van der Waals surface area contributed by atoms with Gasteiger partial charge >= 0.3 is 0 Å². The van der Waals surface area contributed by atoms with Crippen molar-refractivity contribution in [2.24, 2.45) is 0 Å². The molecule has 1 amide bonds. The molecular formula is C25H30N4OS. The molecule has 0 bridgehead atoms. The van der Waals surface area contributed by atoms with Gasteiger partial charge in [-0.2, -0.15) is 5.10 Å². The fraction of sp³-hybridized carbons (Fsp3) is 0.440. The topological polar surface area (TPSA) is 50.2 Å². The van der Waals surface area contributed by atoms with Gasteiger partial charge in [0.05, 0.1) is 22.0 Å². The SMILES string of the molecule is Cc1nn(-c2ccccc2)c2c1-c1sc(C(=O)NCCN3CCCC[C@H]3C)cc1CC2. The van der Waals surface area contributed by atoms with E-state index in [2.05, 4.69) is 46.9 Å². The lowest BCUT2D eigenvalue weighted by atomic mass is 9.95. The molecule has 162 valence electrons. The Hall–Kier alpha value is -2.44. The minimum absolute atomic E-state index is 0.0544. The molecule has 2 aromatic heterocycles. The molecule has 1 aliphatic heterocycles. The Morgan fingerprint density at radius 1 is 1.23 bits per heavy atom. The van der Waals surface area contributed by atoms with E-state index >= 15 is 0 Å². The highest BCUT2D eigenvalue weighted by molar-refractivity contribution is 7.17. The maximum absolute atomic E-state index is 12.9. The summed E-state index contributed by atoms with van der Waals surface area (Å²) in [4.78, 5) is 17.4. The molecule has 2 aliphatic rings. The van der Waals surface area contributed by atoms with Crippen LogP contribution in [0, 0.1) is 6.92 Å². The summed E-state index contributed by atoms with van der Waals surface area (Å²) in [7, 11) is 0. The zero-order chi connectivity index (χ0) is 21.4. The van der Waals surface area contributed by atoms with Crippen molar-refractivity contribution in [3.8, 4) is 16.1 Å². The van der Waals surface area contributed by atoms with E-state index in [0.29, 0.717) is 12.6 Å². The molecule has 1 atom stereocenters. The summed E-state index contributed by atoms with van der Waals surface area (Å²) in [6.07, 6.45) is 5.77. The molecule has 5 rings (SSSR count). The largest absolute Gasteiger partial charge is 0.350 e. The van der Waals surface area contributed by atoms with Gasteiger partial charge in [0.25, 0.3) is 5.91 Å². The summed E-state index contributed by atoms with van der Waals surface area (Å²) >= 11 is 1.62. The molecule has 1 saturated heterocycles. The van der Waals surface area contributed by atoms with Gasteiger partial charge in [-0.15, -0.1) is 11.3 Å². The summed E-state index contributed by atoms with van der Waals surface area (Å²) in [5, 5.41) is 8.00. The number of benzene rings is 1. The maximum Gasteiger partial charge on any atom is 0.261 e. The lowest BCUT2D eigenvalue weighted by molar-refractivity contribution is 0.0942. The molecule has 5 nitrogen and oxygen atoms in total. The summed E-state index contributed by atoms with van der Waals surface area (Å²) in [5.41, 5.74) is 5.88. The van der Waals surface area contributed by atoms with E-state index in [9.17, 15) is 4.79 Å². The van der Waals surface area contributed by atoms with Gasteiger partial charge in [0.2, 0.25) is 0 Å². The second-order valence-electron chi connectivity index (χ2n) is 8.76. The van der Waals surface area contributed by atoms with Gasteiger partial charge in [-0.3, -0.25) is 9.69 Å². The van der Waals surface area contributed by atoms with Gasteiger partial charge in [0.1, 0.15) is 0 Å². The van der Waals surface area contributed by atoms with Gasteiger partial charge < -0.3 is 5.32 Å². The third-order valence-electron chi connectivity index (χ3n) is 6.67. The van der Waals surface area contributed by atoms with Crippen molar-refractivity contribution in [1.29, 1.82) is 0 Å². The quantitative estimate of drug-likeness (QED) is 0.638. The number of hydrogen-bond donors (Lipinski definition) is 1. The summed E-state index contributed by atoms with van der Waals surface area (Å²) in [5.74, 6) is 0.0544. The number of hydrogen-bond acceptors (Lipinski definition) is 4. The number of piperidine rings is 1. The molecule has 1 fully saturated rings. The first kappa shape index (κ1) is 20.5. The van der Waals surface area contributed by atoms with Crippen molar-refractivity contribution >= 4 is 17.2 Å². The molecule has 1 aliphatic carbocycles. The standard InChI is InChI=1S/C25H30N4OS/c1-17-8-6-7-14-28(17)15-13-26-25(30)22-16-19-11-12-21-23(24(19)31-22)18(2)27-29(21)20-9-4-3-5-10-20/h3-5,9-10,16-17H,6-8,11-15H2,1-2H3,(H,26,30)/t17-/m1/s1. The second-order valence-corrected chi connectivity index (χ2v) is 9.81. The summed E-state index contributed by atoms with van der Waals surface area (Å²) in [6.45, 7) is 7.17. The first-order valence-corrected chi connectivity index (χ1v) is 12.2. The molecule has 0 saturated carbocycles. The molecule has 0 spiro atoms. The van der Waals surface area contributed by atoms with Gasteiger partial charge in [0, 0.05) is 29.6 Å². The van der Waals surface area contributed by atoms with E-state index in [1.54, 1.807) is 11.3 Å². The minimum atomic E-state index is 0.0544. The number of likely N-dealkylation sites (tertiary alicyclic amines) is 1. The Morgan fingerprint density at radius 2 is 2.06 bits per heavy atom. The van der Waals surface area contributed by atoms with Crippen LogP contribution in [-0.4, -0.2) is 46.3 Å². The Labute approximate surface area is 188 Å². The van der Waals surface area contributed by atoms with E-state index in [1.165, 1.54) is 41.0 Å². The van der Waals surface area contributed by atoms with Crippen LogP contribution in [-0.2, 0) is 12.8 Å². The van der Waals surface area contributed by atoms with Crippen LogP contribution >= 0.6 is 11.3 Å². The Morgan fingerprint density at radius 3 is 2.87 bits per heavy atom. The van der Waals surface area contributed by atoms with Crippen molar-refractivity contribution in [3.05, 3.63) is 58.2 Å². The number of carbonyl (C=O) groups is 1. The number of para-hydroxylation sites is 1. The van der Waals surface area contributed by atoms with Crippen LogP contribution in [0.1, 0.15) is 52.8 Å². The normalized spacial score (nSPS) is 18.5. The van der Waals surface area contributed by atoms with Gasteiger partial charge in [-0.1, -0.05) is 24.6 Å². The van der Waals surface area contributed by atoms with E-state index in [1.807, 2.05) is 18.2 Å². The fourth-order valence-corrected chi connectivity index (χ4v) is 6.21. The van der Waals surface area contributed by atoms with Crippen molar-refractivity contribution in [2.75, 3.05) is 19.6 Å². The van der Waals surface area contributed by atoms with E-state index < -0.39 is 0 Å². The number of carbonyl (C=O) groups excluding carboxylic acids is 1. The first-order valence-electron chi connectivity index (χ1n) is 11.4. The molecule has 1 aromatic carbocycles. The molecule has 31 heavy (non-hydrogen) atoms. The lowest BCUT2D eigenvalue weighted by Gasteiger charge is -2.33. The highest BCUT2D eigenvalue weighted by Crippen LogP contribution is 2.42. The Balaban J connectivity index is 1.33. The maximum atomic E-state index is 12.9. The molecule has 3 heterocycles. The number of thiophene rings is 1. The summed E-state index contributed by atoms with van der Waals surface area (Å²) < 4.78 is 2.08. The van der Waals surface area contributed by atoms with Crippen LogP contribution < -0.4 is 5.32 Å². The highest BCUT2D eigenvalue weighted by Gasteiger charge is 2.27. The molecular weight excluding hydrogens is 404 g/mol. The monoisotopic (exact) mass is 434 g/mol. The molecule has 0 radical (unpaired) electrons. The van der Waals surface area contributed by atoms with Crippen molar-refractivity contribution in [3.63, 3.8) is 0 Å². The van der Waals surface area contributed by atoms with Crippen molar-refractivity contribution < 1.29 is 4.79 Å². The zero-order valence-electron chi connectivity index (χ0n) is 18.4. The van der Waals surface area contributed by atoms with Crippen molar-refractivity contribution in [1.82, 2.24) is 20.0 Å². The number of rotatable bonds is 5. The first-order chi connectivity index (χ1) is 15.1. The van der Waals surface area contributed by atoms with E-state index in [0.717, 1.165) is 42.2 Å². The number of aromatic nitrogens is 2. The highest BCUT2D eigenvalue weighted by atomic mass is 32.1. The molecule has 1 N–H and O–H groups in total. The predicted octanol–water partition coefficient (Wildman–Crippen LogP) is 4.61. The average molecular weight is 435 g/mol. The van der Waals surface area contributed by atoms with E-state index in [-0.39, 0.29) is 5.91 Å². The third-order valence-corrected chi connectivity index (χ3v) is 7.87. The van der Waals surface area contributed by atoms with Crippen molar-refractivity contribution in [2.45, 2.75) is 52.0 Å². The molecule has 6 heteroatoms. The lowest BCUT2D eigenvalue weighted by Crippen LogP contribution is -2.42. The number of nitrogens with one attached hydrogen (secondary N) is 1. The second kappa shape index (κ2) is 8.60.